The zero-order valence-corrected chi connectivity index (χ0v) is 17.7. The molecule has 0 saturated carbocycles. The predicted octanol–water partition coefficient (Wildman–Crippen LogP) is 5.29. The summed E-state index contributed by atoms with van der Waals surface area (Å²) in [5.74, 6) is -0.404. The first-order valence-electron chi connectivity index (χ1n) is 10.5. The lowest BCUT2D eigenvalue weighted by Crippen LogP contribution is -2.47. The first-order valence-corrected chi connectivity index (χ1v) is 10.5. The van der Waals surface area contributed by atoms with E-state index in [2.05, 4.69) is 0 Å². The molecule has 0 aromatic heterocycles. The molecule has 1 heterocycles. The van der Waals surface area contributed by atoms with Crippen molar-refractivity contribution in [3.8, 4) is 0 Å². The van der Waals surface area contributed by atoms with Crippen molar-refractivity contribution in [1.29, 1.82) is 0 Å². The maximum Gasteiger partial charge on any atom is 0.231 e. The quantitative estimate of drug-likeness (QED) is 0.580. The van der Waals surface area contributed by atoms with E-state index >= 15 is 0 Å². The Labute approximate surface area is 181 Å². The number of anilines is 2. The molecule has 0 fully saturated rings. The van der Waals surface area contributed by atoms with Gasteiger partial charge in [0, 0.05) is 24.3 Å². The van der Waals surface area contributed by atoms with Gasteiger partial charge in [0.25, 0.3) is 0 Å². The summed E-state index contributed by atoms with van der Waals surface area (Å²) >= 11 is 0. The average Bonchev–Trinajstić information content (AvgIpc) is 2.76. The van der Waals surface area contributed by atoms with Crippen molar-refractivity contribution in [2.24, 2.45) is 0 Å². The Hall–Kier alpha value is -3.47. The number of benzene rings is 3. The third-order valence-electron chi connectivity index (χ3n) is 5.78. The fourth-order valence-electron chi connectivity index (χ4n) is 4.45. The Bertz CT molecular complexity index is 1080. The van der Waals surface area contributed by atoms with E-state index in [4.69, 9.17) is 0 Å². The molecule has 0 radical (unpaired) electrons. The number of amides is 2. The van der Waals surface area contributed by atoms with Crippen LogP contribution in [0.1, 0.15) is 37.4 Å². The highest BCUT2D eigenvalue weighted by Crippen LogP contribution is 2.42. The second-order valence-electron chi connectivity index (χ2n) is 7.95. The largest absolute Gasteiger partial charge is 0.309 e. The van der Waals surface area contributed by atoms with E-state index in [0.717, 1.165) is 22.5 Å². The Morgan fingerprint density at radius 1 is 0.968 bits per heavy atom. The summed E-state index contributed by atoms with van der Waals surface area (Å²) in [5, 5.41) is 0. The summed E-state index contributed by atoms with van der Waals surface area (Å²) in [6.45, 7) is 3.58. The molecule has 5 heteroatoms. The van der Waals surface area contributed by atoms with Gasteiger partial charge in [-0.15, -0.1) is 0 Å². The Balaban J connectivity index is 1.77. The minimum atomic E-state index is -0.324. The lowest BCUT2D eigenvalue weighted by molar-refractivity contribution is -0.118. The Morgan fingerprint density at radius 3 is 2.29 bits per heavy atom. The van der Waals surface area contributed by atoms with Gasteiger partial charge in [-0.05, 0) is 54.8 Å². The molecule has 1 aliphatic rings. The third-order valence-corrected chi connectivity index (χ3v) is 5.78. The monoisotopic (exact) mass is 416 g/mol. The van der Waals surface area contributed by atoms with Gasteiger partial charge in [-0.3, -0.25) is 9.59 Å². The van der Waals surface area contributed by atoms with Crippen LogP contribution in [0.2, 0.25) is 0 Å². The lowest BCUT2D eigenvalue weighted by Gasteiger charge is -2.43. The molecule has 2 atom stereocenters. The van der Waals surface area contributed by atoms with Crippen molar-refractivity contribution in [3.05, 3.63) is 95.8 Å². The van der Waals surface area contributed by atoms with E-state index < -0.39 is 0 Å². The molecule has 3 aromatic carbocycles. The minimum absolute atomic E-state index is 0.0118. The van der Waals surface area contributed by atoms with Crippen LogP contribution < -0.4 is 9.80 Å². The van der Waals surface area contributed by atoms with E-state index in [1.807, 2.05) is 66.4 Å². The van der Waals surface area contributed by atoms with Crippen LogP contribution in [0, 0.1) is 5.82 Å². The number of hydrogen-bond acceptors (Lipinski definition) is 2. The van der Waals surface area contributed by atoms with E-state index in [9.17, 15) is 14.0 Å². The molecule has 2 amide bonds. The van der Waals surface area contributed by atoms with Crippen LogP contribution in [-0.4, -0.2) is 17.9 Å². The molecular weight excluding hydrogens is 391 g/mol. The lowest BCUT2D eigenvalue weighted by atomic mass is 9.89. The average molecular weight is 416 g/mol. The van der Waals surface area contributed by atoms with E-state index in [-0.39, 0.29) is 36.1 Å². The van der Waals surface area contributed by atoms with Gasteiger partial charge in [0.2, 0.25) is 11.8 Å². The second kappa shape index (κ2) is 8.72. The summed E-state index contributed by atoms with van der Waals surface area (Å²) in [6.07, 6.45) is 0.791. The molecule has 4 rings (SSSR count). The Kier molecular flexibility index (Phi) is 5.85. The standard InChI is InChI=1S/C26H25FN2O2/c1-18-16-25(23-10-6-7-11-24(23)28(18)19(2)30)29(22-8-4-3-5-9-22)26(31)17-20-12-14-21(27)15-13-20/h3-15,18,25H,16-17H2,1-2H3/t18-,25+/m0/s1. The van der Waals surface area contributed by atoms with Crippen LogP contribution in [0.3, 0.4) is 0 Å². The van der Waals surface area contributed by atoms with Crippen LogP contribution in [0.4, 0.5) is 15.8 Å². The van der Waals surface area contributed by atoms with Crippen molar-refractivity contribution >= 4 is 23.2 Å². The van der Waals surface area contributed by atoms with Gasteiger partial charge >= 0.3 is 0 Å². The Morgan fingerprint density at radius 2 is 1.61 bits per heavy atom. The summed E-state index contributed by atoms with van der Waals surface area (Å²) in [7, 11) is 0. The van der Waals surface area contributed by atoms with E-state index in [0.29, 0.717) is 6.42 Å². The van der Waals surface area contributed by atoms with Crippen molar-refractivity contribution in [1.82, 2.24) is 0 Å². The molecule has 0 bridgehead atoms. The zero-order chi connectivity index (χ0) is 22.0. The van der Waals surface area contributed by atoms with Gasteiger partial charge < -0.3 is 9.80 Å². The van der Waals surface area contributed by atoms with Crippen LogP contribution >= 0.6 is 0 Å². The van der Waals surface area contributed by atoms with Gasteiger partial charge in [0.15, 0.2) is 0 Å². The molecule has 0 spiro atoms. The molecule has 0 aliphatic carbocycles. The van der Waals surface area contributed by atoms with E-state index in [1.165, 1.54) is 12.1 Å². The first kappa shape index (κ1) is 20.8. The smallest absolute Gasteiger partial charge is 0.231 e. The molecule has 31 heavy (non-hydrogen) atoms. The van der Waals surface area contributed by atoms with Crippen LogP contribution in [0.15, 0.2) is 78.9 Å². The summed E-state index contributed by atoms with van der Waals surface area (Å²) in [5.41, 5.74) is 3.36. The number of rotatable bonds is 4. The number of carbonyl (C=O) groups is 2. The molecule has 0 unspecified atom stereocenters. The topological polar surface area (TPSA) is 40.6 Å². The molecule has 0 saturated heterocycles. The predicted molar refractivity (Wildman–Crippen MR) is 120 cm³/mol. The van der Waals surface area contributed by atoms with Gasteiger partial charge in [0.05, 0.1) is 12.5 Å². The number of fused-ring (bicyclic) bond motifs is 1. The summed E-state index contributed by atoms with van der Waals surface area (Å²) in [4.78, 5) is 29.6. The highest BCUT2D eigenvalue weighted by Gasteiger charge is 2.37. The van der Waals surface area contributed by atoms with Gasteiger partial charge in [-0.1, -0.05) is 48.5 Å². The van der Waals surface area contributed by atoms with Crippen LogP contribution in [0.25, 0.3) is 0 Å². The SMILES string of the molecule is CC(=O)N1c2ccccc2[C@H](N(C(=O)Cc2ccc(F)cc2)c2ccccc2)C[C@@H]1C. The number of nitrogens with zero attached hydrogens (tertiary/aromatic N) is 2. The van der Waals surface area contributed by atoms with Gasteiger partial charge in [0.1, 0.15) is 5.82 Å². The summed E-state index contributed by atoms with van der Waals surface area (Å²) in [6, 6.07) is 23.1. The maximum atomic E-state index is 13.6. The number of halogens is 1. The number of para-hydroxylation sites is 2. The van der Waals surface area contributed by atoms with Crippen LogP contribution in [0.5, 0.6) is 0 Å². The third kappa shape index (κ3) is 4.22. The minimum Gasteiger partial charge on any atom is -0.309 e. The van der Waals surface area contributed by atoms with Crippen LogP contribution in [-0.2, 0) is 16.0 Å². The van der Waals surface area contributed by atoms with Crippen molar-refractivity contribution < 1.29 is 14.0 Å². The molecule has 158 valence electrons. The second-order valence-corrected chi connectivity index (χ2v) is 7.95. The fourth-order valence-corrected chi connectivity index (χ4v) is 4.45. The zero-order valence-electron chi connectivity index (χ0n) is 17.7. The van der Waals surface area contributed by atoms with Gasteiger partial charge in [-0.25, -0.2) is 4.39 Å². The highest BCUT2D eigenvalue weighted by atomic mass is 19.1. The highest BCUT2D eigenvalue weighted by molar-refractivity contribution is 5.98. The van der Waals surface area contributed by atoms with E-state index in [1.54, 1.807) is 24.0 Å². The number of carbonyl (C=O) groups excluding carboxylic acids is 2. The normalized spacial score (nSPS) is 17.7. The molecule has 0 N–H and O–H groups in total. The molecular formula is C26H25FN2O2. The van der Waals surface area contributed by atoms with Gasteiger partial charge in [-0.2, -0.15) is 0 Å². The maximum absolute atomic E-state index is 13.6. The van der Waals surface area contributed by atoms with Crippen molar-refractivity contribution in [3.63, 3.8) is 0 Å². The molecule has 3 aromatic rings. The summed E-state index contributed by atoms with van der Waals surface area (Å²) < 4.78 is 13.3. The molecule has 4 nitrogen and oxygen atoms in total. The number of hydrogen-bond donors (Lipinski definition) is 0. The van der Waals surface area contributed by atoms with Crippen molar-refractivity contribution in [2.45, 2.75) is 38.8 Å². The fraction of sp³-hybridized carbons (Fsp3) is 0.231. The molecule has 1 aliphatic heterocycles. The van der Waals surface area contributed by atoms with Crippen molar-refractivity contribution in [2.75, 3.05) is 9.80 Å². The first-order chi connectivity index (χ1) is 15.0.